The molecular formula is C17H17NO4. The normalized spacial score (nSPS) is 8.95. The van der Waals surface area contributed by atoms with E-state index in [4.69, 9.17) is 5.73 Å². The van der Waals surface area contributed by atoms with Crippen molar-refractivity contribution < 1.29 is 19.4 Å². The molecule has 0 atom stereocenters. The first-order chi connectivity index (χ1) is 10.7. The highest BCUT2D eigenvalue weighted by Crippen LogP contribution is 2.05. The molecule has 2 aromatic rings. The van der Waals surface area contributed by atoms with Crippen LogP contribution in [0.15, 0.2) is 73.3 Å². The molecule has 0 aliphatic carbocycles. The third-order valence-electron chi connectivity index (χ3n) is 2.38. The number of hydrogen-bond donors (Lipinski definition) is 1. The minimum Gasteiger partial charge on any atom is -0.327 e. The van der Waals surface area contributed by atoms with Gasteiger partial charge in [-0.15, -0.1) is 6.58 Å². The van der Waals surface area contributed by atoms with Crippen LogP contribution in [0.5, 0.6) is 0 Å². The summed E-state index contributed by atoms with van der Waals surface area (Å²) in [7, 11) is 0. The number of carbonyl (C=O) groups excluding carboxylic acids is 2. The molecule has 0 amide bonds. The second-order valence-electron chi connectivity index (χ2n) is 4.00. The highest BCUT2D eigenvalue weighted by atomic mass is 17.2. The van der Waals surface area contributed by atoms with Gasteiger partial charge in [-0.25, -0.2) is 19.4 Å². The lowest BCUT2D eigenvalue weighted by Crippen LogP contribution is -2.11. The van der Waals surface area contributed by atoms with E-state index in [2.05, 4.69) is 16.4 Å². The molecule has 22 heavy (non-hydrogen) atoms. The van der Waals surface area contributed by atoms with Gasteiger partial charge in [0.1, 0.15) is 0 Å². The monoisotopic (exact) mass is 299 g/mol. The lowest BCUT2D eigenvalue weighted by Gasteiger charge is -2.02. The Bertz CT molecular complexity index is 545. The molecule has 5 nitrogen and oxygen atoms in total. The molecule has 0 unspecified atom stereocenters. The molecule has 0 aromatic heterocycles. The predicted molar refractivity (Wildman–Crippen MR) is 83.0 cm³/mol. The molecular weight excluding hydrogens is 282 g/mol. The summed E-state index contributed by atoms with van der Waals surface area (Å²) in [6.45, 7) is 3.94. The van der Waals surface area contributed by atoms with Crippen LogP contribution in [-0.4, -0.2) is 18.5 Å². The van der Waals surface area contributed by atoms with Gasteiger partial charge in [-0.3, -0.25) is 0 Å². The maximum atomic E-state index is 11.5. The molecule has 0 aliphatic heterocycles. The number of carbonyl (C=O) groups is 2. The maximum absolute atomic E-state index is 11.5. The third kappa shape index (κ3) is 6.02. The Hall–Kier alpha value is -2.92. The number of rotatable bonds is 3. The second kappa shape index (κ2) is 9.90. The summed E-state index contributed by atoms with van der Waals surface area (Å²) in [5, 5.41) is 0. The smallest absolute Gasteiger partial charge is 0.327 e. The van der Waals surface area contributed by atoms with Crippen molar-refractivity contribution in [3.05, 3.63) is 84.4 Å². The van der Waals surface area contributed by atoms with Gasteiger partial charge in [0.05, 0.1) is 11.1 Å². The molecule has 5 heteroatoms. The summed E-state index contributed by atoms with van der Waals surface area (Å²) in [5.41, 5.74) is 5.55. The fourth-order valence-electron chi connectivity index (χ4n) is 1.32. The molecule has 0 heterocycles. The molecule has 0 spiro atoms. The largest absolute Gasteiger partial charge is 0.386 e. The Balaban J connectivity index is 0.000000541. The first-order valence-corrected chi connectivity index (χ1v) is 6.53. The van der Waals surface area contributed by atoms with Crippen molar-refractivity contribution in [3.8, 4) is 0 Å². The zero-order valence-electron chi connectivity index (χ0n) is 12.0. The molecule has 2 N–H and O–H groups in total. The average Bonchev–Trinajstić information content (AvgIpc) is 2.61. The van der Waals surface area contributed by atoms with E-state index in [9.17, 15) is 9.59 Å². The fraction of sp³-hybridized carbons (Fsp3) is 0.0588. The van der Waals surface area contributed by atoms with E-state index in [0.29, 0.717) is 17.7 Å². The molecule has 2 rings (SSSR count). The van der Waals surface area contributed by atoms with E-state index in [1.165, 1.54) is 0 Å². The molecule has 0 saturated carbocycles. The molecule has 114 valence electrons. The zero-order valence-corrected chi connectivity index (χ0v) is 12.0. The van der Waals surface area contributed by atoms with Crippen LogP contribution in [0, 0.1) is 0 Å². The summed E-state index contributed by atoms with van der Waals surface area (Å²) >= 11 is 0. The van der Waals surface area contributed by atoms with Crippen LogP contribution < -0.4 is 5.73 Å². The van der Waals surface area contributed by atoms with Crippen molar-refractivity contribution in [1.82, 2.24) is 0 Å². The Morgan fingerprint density at radius 2 is 1.18 bits per heavy atom. The standard InChI is InChI=1S/C14H10O4.C3H7N/c15-13(11-7-3-1-4-8-11)17-18-14(16)12-9-5-2-6-10-12;1-2-3-4/h1-10H;2H,1,3-4H2. The summed E-state index contributed by atoms with van der Waals surface area (Å²) in [6, 6.07) is 16.6. The summed E-state index contributed by atoms with van der Waals surface area (Å²) in [6.07, 6.45) is 1.65. The van der Waals surface area contributed by atoms with E-state index in [0.717, 1.165) is 0 Å². The van der Waals surface area contributed by atoms with E-state index < -0.39 is 11.9 Å². The van der Waals surface area contributed by atoms with Gasteiger partial charge in [-0.05, 0) is 24.3 Å². The van der Waals surface area contributed by atoms with Crippen molar-refractivity contribution in [3.63, 3.8) is 0 Å². The summed E-state index contributed by atoms with van der Waals surface area (Å²) in [4.78, 5) is 31.9. The fourth-order valence-corrected chi connectivity index (χ4v) is 1.32. The van der Waals surface area contributed by atoms with Crippen LogP contribution in [0.3, 0.4) is 0 Å². The number of nitrogens with two attached hydrogens (primary N) is 1. The lowest BCUT2D eigenvalue weighted by atomic mass is 10.2. The topological polar surface area (TPSA) is 78.6 Å². The van der Waals surface area contributed by atoms with Gasteiger partial charge in [-0.2, -0.15) is 0 Å². The van der Waals surface area contributed by atoms with Crippen molar-refractivity contribution in [1.29, 1.82) is 0 Å². The Kier molecular flexibility index (Phi) is 7.71. The second-order valence-corrected chi connectivity index (χ2v) is 4.00. The van der Waals surface area contributed by atoms with E-state index >= 15 is 0 Å². The van der Waals surface area contributed by atoms with Gasteiger partial charge in [0, 0.05) is 6.54 Å². The summed E-state index contributed by atoms with van der Waals surface area (Å²) in [5.74, 6) is -1.42. The van der Waals surface area contributed by atoms with Crippen LogP contribution in [-0.2, 0) is 9.78 Å². The Morgan fingerprint density at radius 3 is 1.45 bits per heavy atom. The first-order valence-electron chi connectivity index (χ1n) is 6.53. The number of benzene rings is 2. The molecule has 0 fully saturated rings. The molecule has 0 radical (unpaired) electrons. The molecule has 0 aliphatic rings. The van der Waals surface area contributed by atoms with Gasteiger partial charge in [-0.1, -0.05) is 42.5 Å². The van der Waals surface area contributed by atoms with Crippen molar-refractivity contribution in [2.75, 3.05) is 6.54 Å². The minimum absolute atomic E-state index is 0.318. The van der Waals surface area contributed by atoms with Gasteiger partial charge >= 0.3 is 11.9 Å². The van der Waals surface area contributed by atoms with Crippen molar-refractivity contribution >= 4 is 11.9 Å². The van der Waals surface area contributed by atoms with Crippen LogP contribution in [0.25, 0.3) is 0 Å². The van der Waals surface area contributed by atoms with E-state index in [-0.39, 0.29) is 0 Å². The van der Waals surface area contributed by atoms with E-state index in [1.807, 2.05) is 0 Å². The van der Waals surface area contributed by atoms with Crippen LogP contribution in [0.4, 0.5) is 0 Å². The molecule has 2 aromatic carbocycles. The Labute approximate surface area is 128 Å². The van der Waals surface area contributed by atoms with Crippen LogP contribution in [0.2, 0.25) is 0 Å². The van der Waals surface area contributed by atoms with Gasteiger partial charge in [0.25, 0.3) is 0 Å². The SMILES string of the molecule is C=CCN.O=C(OOC(=O)c1ccccc1)c1ccccc1. The van der Waals surface area contributed by atoms with Gasteiger partial charge < -0.3 is 5.73 Å². The Morgan fingerprint density at radius 1 is 0.864 bits per heavy atom. The van der Waals surface area contributed by atoms with Crippen LogP contribution in [0.1, 0.15) is 20.7 Å². The summed E-state index contributed by atoms with van der Waals surface area (Å²) < 4.78 is 0. The number of hydrogen-bond acceptors (Lipinski definition) is 5. The quantitative estimate of drug-likeness (QED) is 0.535. The van der Waals surface area contributed by atoms with Crippen LogP contribution >= 0.6 is 0 Å². The van der Waals surface area contributed by atoms with Crippen molar-refractivity contribution in [2.24, 2.45) is 5.73 Å². The zero-order chi connectivity index (χ0) is 16.2. The van der Waals surface area contributed by atoms with Gasteiger partial charge in [0.2, 0.25) is 0 Å². The highest BCUT2D eigenvalue weighted by Gasteiger charge is 2.12. The predicted octanol–water partition coefficient (Wildman–Crippen LogP) is 2.75. The highest BCUT2D eigenvalue weighted by molar-refractivity contribution is 5.92. The molecule has 0 bridgehead atoms. The average molecular weight is 299 g/mol. The molecule has 0 saturated heterocycles. The first kappa shape index (κ1) is 17.1. The van der Waals surface area contributed by atoms with E-state index in [1.54, 1.807) is 66.7 Å². The maximum Gasteiger partial charge on any atom is 0.386 e. The lowest BCUT2D eigenvalue weighted by molar-refractivity contribution is -0.187. The van der Waals surface area contributed by atoms with Crippen molar-refractivity contribution in [2.45, 2.75) is 0 Å². The third-order valence-corrected chi connectivity index (χ3v) is 2.38. The van der Waals surface area contributed by atoms with Gasteiger partial charge in [0.15, 0.2) is 0 Å². The minimum atomic E-state index is -0.708.